The van der Waals surface area contributed by atoms with Crippen LogP contribution in [0.1, 0.15) is 10.4 Å². The zero-order valence-corrected chi connectivity index (χ0v) is 20.5. The van der Waals surface area contributed by atoms with Crippen LogP contribution in [0.25, 0.3) is 0 Å². The first-order valence-corrected chi connectivity index (χ1v) is 13.0. The number of carbonyl (C=O) groups is 1. The van der Waals surface area contributed by atoms with Crippen LogP contribution in [0.2, 0.25) is 0 Å². The molecule has 0 spiro atoms. The fraction of sp³-hybridized carbons (Fsp3) is 0.227. The second-order valence-corrected chi connectivity index (χ2v) is 11.6. The maximum atomic E-state index is 12.9. The summed E-state index contributed by atoms with van der Waals surface area (Å²) in [7, 11) is -2.00. The number of methoxy groups -OCH3 is 1. The third-order valence-electron chi connectivity index (χ3n) is 5.19. The summed E-state index contributed by atoms with van der Waals surface area (Å²) in [6, 6.07) is 17.6. The third-order valence-corrected chi connectivity index (χ3v) is 8.69. The molecule has 168 valence electrons. The van der Waals surface area contributed by atoms with Gasteiger partial charge in [0, 0.05) is 37.4 Å². The first kappa shape index (κ1) is 22.6. The maximum absolute atomic E-state index is 12.9. The van der Waals surface area contributed by atoms with Crippen LogP contribution in [0, 0.1) is 0 Å². The highest BCUT2D eigenvalue weighted by atomic mass is 79.9. The van der Waals surface area contributed by atoms with Crippen molar-refractivity contribution in [3.63, 3.8) is 0 Å². The molecule has 0 radical (unpaired) electrons. The molecule has 4 rings (SSSR count). The minimum atomic E-state index is -3.66. The molecule has 2 aromatic carbocycles. The van der Waals surface area contributed by atoms with Crippen molar-refractivity contribution in [2.45, 2.75) is 4.21 Å². The van der Waals surface area contributed by atoms with Crippen molar-refractivity contribution in [3.05, 3.63) is 70.0 Å². The Morgan fingerprint density at radius 3 is 2.31 bits per heavy atom. The third kappa shape index (κ3) is 4.92. The van der Waals surface area contributed by atoms with Crippen LogP contribution in [-0.2, 0) is 10.0 Å². The number of para-hydroxylation sites is 2. The number of sulfonamides is 1. The largest absolute Gasteiger partial charge is 0.495 e. The Hall–Kier alpha value is -2.56. The number of ether oxygens (including phenoxy) is 1. The molecule has 1 aliphatic rings. The highest BCUT2D eigenvalue weighted by Gasteiger charge is 2.24. The highest BCUT2D eigenvalue weighted by molar-refractivity contribution is 9.11. The molecule has 0 aliphatic carbocycles. The van der Waals surface area contributed by atoms with E-state index in [1.54, 1.807) is 43.5 Å². The van der Waals surface area contributed by atoms with Gasteiger partial charge in [0.2, 0.25) is 0 Å². The quantitative estimate of drug-likeness (QED) is 0.509. The molecule has 1 amide bonds. The first-order valence-electron chi connectivity index (χ1n) is 9.93. The van der Waals surface area contributed by atoms with Crippen molar-refractivity contribution in [1.82, 2.24) is 4.90 Å². The molecule has 3 aromatic rings. The van der Waals surface area contributed by atoms with Crippen LogP contribution in [0.15, 0.2) is 68.7 Å². The lowest BCUT2D eigenvalue weighted by Gasteiger charge is -2.36. The molecule has 0 bridgehead atoms. The molecule has 32 heavy (non-hydrogen) atoms. The summed E-state index contributed by atoms with van der Waals surface area (Å²) in [4.78, 5) is 17.0. The van der Waals surface area contributed by atoms with Gasteiger partial charge in [-0.2, -0.15) is 0 Å². The number of anilines is 2. The van der Waals surface area contributed by atoms with E-state index in [-0.39, 0.29) is 10.1 Å². The van der Waals surface area contributed by atoms with Crippen LogP contribution < -0.4 is 14.4 Å². The summed E-state index contributed by atoms with van der Waals surface area (Å²) in [5.74, 6) is 0.751. The van der Waals surface area contributed by atoms with Crippen molar-refractivity contribution in [2.24, 2.45) is 0 Å². The van der Waals surface area contributed by atoms with Crippen LogP contribution >= 0.6 is 27.3 Å². The second kappa shape index (κ2) is 9.51. The molecule has 1 N–H and O–H groups in total. The summed E-state index contributed by atoms with van der Waals surface area (Å²) in [5.41, 5.74) is 1.96. The molecule has 1 fully saturated rings. The van der Waals surface area contributed by atoms with Gasteiger partial charge in [-0.3, -0.25) is 9.52 Å². The summed E-state index contributed by atoms with van der Waals surface area (Å²) < 4.78 is 33.9. The molecule has 1 aliphatic heterocycles. The van der Waals surface area contributed by atoms with Crippen LogP contribution in [0.3, 0.4) is 0 Å². The normalized spacial score (nSPS) is 14.3. The Morgan fingerprint density at radius 1 is 1.00 bits per heavy atom. The lowest BCUT2D eigenvalue weighted by molar-refractivity contribution is 0.0746. The molecule has 10 heteroatoms. The van der Waals surface area contributed by atoms with Gasteiger partial charge < -0.3 is 14.5 Å². The molecule has 1 saturated heterocycles. The molecule has 0 unspecified atom stereocenters. The summed E-state index contributed by atoms with van der Waals surface area (Å²) in [6.45, 7) is 2.61. The van der Waals surface area contributed by atoms with Gasteiger partial charge >= 0.3 is 0 Å². The van der Waals surface area contributed by atoms with E-state index in [0.717, 1.165) is 26.6 Å². The molecule has 0 saturated carbocycles. The van der Waals surface area contributed by atoms with Gasteiger partial charge in [-0.15, -0.1) is 11.3 Å². The number of thiophene rings is 1. The Bertz CT molecular complexity index is 1200. The van der Waals surface area contributed by atoms with E-state index in [4.69, 9.17) is 4.74 Å². The molecular weight excluding hydrogens is 514 g/mol. The number of amides is 1. The Morgan fingerprint density at radius 2 is 1.69 bits per heavy atom. The average molecular weight is 536 g/mol. The lowest BCUT2D eigenvalue weighted by atomic mass is 10.1. The number of benzene rings is 2. The smallest absolute Gasteiger partial charge is 0.271 e. The Labute approximate surface area is 199 Å². The average Bonchev–Trinajstić information content (AvgIpc) is 3.26. The van der Waals surface area contributed by atoms with E-state index in [1.165, 1.54) is 0 Å². The number of carbonyl (C=O) groups excluding carboxylic acids is 1. The van der Waals surface area contributed by atoms with E-state index < -0.39 is 10.0 Å². The fourth-order valence-electron chi connectivity index (χ4n) is 3.55. The van der Waals surface area contributed by atoms with Crippen molar-refractivity contribution in [1.29, 1.82) is 0 Å². The maximum Gasteiger partial charge on any atom is 0.271 e. The van der Waals surface area contributed by atoms with E-state index in [2.05, 4.69) is 25.6 Å². The minimum Gasteiger partial charge on any atom is -0.495 e. The first-order chi connectivity index (χ1) is 15.4. The summed E-state index contributed by atoms with van der Waals surface area (Å²) in [6.07, 6.45) is 0. The topological polar surface area (TPSA) is 79.0 Å². The number of piperazine rings is 1. The minimum absolute atomic E-state index is 0.0683. The predicted molar refractivity (Wildman–Crippen MR) is 130 cm³/mol. The number of nitrogens with one attached hydrogen (secondary N) is 1. The van der Waals surface area contributed by atoms with Crippen molar-refractivity contribution < 1.29 is 17.9 Å². The van der Waals surface area contributed by atoms with E-state index in [0.29, 0.717) is 37.4 Å². The van der Waals surface area contributed by atoms with Gasteiger partial charge in [-0.25, -0.2) is 8.42 Å². The number of nitrogens with zero attached hydrogens (tertiary/aromatic N) is 2. The van der Waals surface area contributed by atoms with Gasteiger partial charge in [-0.1, -0.05) is 12.1 Å². The summed E-state index contributed by atoms with van der Waals surface area (Å²) >= 11 is 4.41. The van der Waals surface area contributed by atoms with E-state index in [9.17, 15) is 13.2 Å². The zero-order valence-electron chi connectivity index (χ0n) is 17.3. The van der Waals surface area contributed by atoms with Crippen LogP contribution in [-0.4, -0.2) is 52.5 Å². The number of hydrogen-bond acceptors (Lipinski definition) is 6. The van der Waals surface area contributed by atoms with Crippen molar-refractivity contribution >= 4 is 54.6 Å². The van der Waals surface area contributed by atoms with Gasteiger partial charge in [0.1, 0.15) is 9.96 Å². The lowest BCUT2D eigenvalue weighted by Crippen LogP contribution is -2.48. The molecule has 0 atom stereocenters. The highest BCUT2D eigenvalue weighted by Crippen LogP contribution is 2.29. The Kier molecular flexibility index (Phi) is 6.73. The number of halogens is 1. The SMILES string of the molecule is COc1ccccc1N1CCN(C(=O)c2ccc(NS(=O)(=O)c3ccc(Br)s3)cc2)CC1. The Balaban J connectivity index is 1.38. The van der Waals surface area contributed by atoms with Gasteiger partial charge in [0.15, 0.2) is 0 Å². The van der Waals surface area contributed by atoms with E-state index >= 15 is 0 Å². The molecule has 2 heterocycles. The molecule has 1 aromatic heterocycles. The number of hydrogen-bond donors (Lipinski definition) is 1. The predicted octanol–water partition coefficient (Wildman–Crippen LogP) is 4.28. The molecule has 7 nitrogen and oxygen atoms in total. The van der Waals surface area contributed by atoms with E-state index in [1.807, 2.05) is 29.2 Å². The van der Waals surface area contributed by atoms with Gasteiger partial charge in [0.25, 0.3) is 15.9 Å². The number of rotatable bonds is 6. The van der Waals surface area contributed by atoms with Crippen LogP contribution in [0.5, 0.6) is 5.75 Å². The fourth-order valence-corrected chi connectivity index (χ4v) is 6.62. The second-order valence-electron chi connectivity index (χ2n) is 7.19. The van der Waals surface area contributed by atoms with Crippen LogP contribution in [0.4, 0.5) is 11.4 Å². The zero-order chi connectivity index (χ0) is 22.7. The monoisotopic (exact) mass is 535 g/mol. The van der Waals surface area contributed by atoms with Crippen molar-refractivity contribution in [2.75, 3.05) is 42.9 Å². The summed E-state index contributed by atoms with van der Waals surface area (Å²) in [5, 5.41) is 0. The van der Waals surface area contributed by atoms with Crippen molar-refractivity contribution in [3.8, 4) is 5.75 Å². The van der Waals surface area contributed by atoms with Gasteiger partial charge in [-0.05, 0) is 64.5 Å². The van der Waals surface area contributed by atoms with Gasteiger partial charge in [0.05, 0.1) is 16.6 Å². The molecular formula is C22H22BrN3O4S2. The standard InChI is InChI=1S/C22H22BrN3O4S2/c1-30-19-5-3-2-4-18(19)25-12-14-26(15-13-25)22(27)16-6-8-17(9-7-16)24-32(28,29)21-11-10-20(23)31-21/h2-11,24H,12-15H2,1H3.